The normalized spacial score (nSPS) is 12.5. The van der Waals surface area contributed by atoms with E-state index < -0.39 is 0 Å². The number of hydrogen-bond acceptors (Lipinski definition) is 3. The minimum atomic E-state index is 0.0972. The molecule has 2 aromatic rings. The molecular formula is C19H22ClNO2S. The average Bonchev–Trinajstić information content (AvgIpc) is 2.60. The van der Waals surface area contributed by atoms with Gasteiger partial charge in [-0.15, -0.1) is 0 Å². The molecule has 1 N–H and O–H groups in total. The number of halogens is 1. The number of amides is 1. The highest BCUT2D eigenvalue weighted by molar-refractivity contribution is 7.80. The van der Waals surface area contributed by atoms with Crippen LogP contribution in [-0.2, 0) is 11.2 Å². The predicted octanol–water partition coefficient (Wildman–Crippen LogP) is 5.00. The molecule has 1 heterocycles. The molecule has 5 heteroatoms. The van der Waals surface area contributed by atoms with Crippen LogP contribution >= 0.6 is 24.2 Å². The van der Waals surface area contributed by atoms with Crippen molar-refractivity contribution in [1.82, 2.24) is 0 Å². The van der Waals surface area contributed by atoms with Gasteiger partial charge < -0.3 is 10.1 Å². The molecule has 1 aliphatic rings. The van der Waals surface area contributed by atoms with Crippen molar-refractivity contribution >= 4 is 35.8 Å². The van der Waals surface area contributed by atoms with Crippen LogP contribution in [0.4, 0.5) is 5.69 Å². The minimum Gasteiger partial charge on any atom is -0.494 e. The molecule has 24 heavy (non-hydrogen) atoms. The second-order valence-electron chi connectivity index (χ2n) is 5.44. The number of fused-ring (bicyclic) bond motifs is 1. The number of anilines is 1. The summed E-state index contributed by atoms with van der Waals surface area (Å²) < 4.78 is 5.65. The van der Waals surface area contributed by atoms with Crippen molar-refractivity contribution in [1.29, 1.82) is 0 Å². The largest absolute Gasteiger partial charge is 0.494 e. The first-order valence-electron chi connectivity index (χ1n) is 8.06. The van der Waals surface area contributed by atoms with Crippen molar-refractivity contribution < 1.29 is 9.53 Å². The monoisotopic (exact) mass is 363 g/mol. The molecule has 0 aliphatic carbocycles. The predicted molar refractivity (Wildman–Crippen MR) is 103 cm³/mol. The van der Waals surface area contributed by atoms with Gasteiger partial charge in [-0.3, -0.25) is 4.79 Å². The fraction of sp³-hybridized carbons (Fsp3) is 0.316. The summed E-state index contributed by atoms with van der Waals surface area (Å²) in [6.45, 7) is 0.728. The van der Waals surface area contributed by atoms with Gasteiger partial charge in [-0.05, 0) is 60.9 Å². The molecule has 128 valence electrons. The van der Waals surface area contributed by atoms with Crippen LogP contribution in [0.5, 0.6) is 5.75 Å². The third kappa shape index (κ3) is 6.46. The molecule has 0 saturated carbocycles. The molecule has 0 fully saturated rings. The average molecular weight is 364 g/mol. The lowest BCUT2D eigenvalue weighted by atomic mass is 10.0. The van der Waals surface area contributed by atoms with Crippen LogP contribution in [0, 0.1) is 0 Å². The Kier molecular flexibility index (Phi) is 7.99. The first kappa shape index (κ1) is 18.7. The lowest BCUT2D eigenvalue weighted by Gasteiger charge is -2.17. The molecule has 0 atom stereocenters. The van der Waals surface area contributed by atoms with Gasteiger partial charge in [0.2, 0.25) is 5.91 Å². The van der Waals surface area contributed by atoms with Gasteiger partial charge in [0.05, 0.1) is 6.61 Å². The van der Waals surface area contributed by atoms with Crippen LogP contribution in [0.3, 0.4) is 0 Å². The molecule has 0 unspecified atom stereocenters. The molecule has 1 amide bonds. The quantitative estimate of drug-likeness (QED) is 0.579. The number of unbranched alkanes of at least 4 members (excludes halogenated alkanes) is 1. The summed E-state index contributed by atoms with van der Waals surface area (Å²) in [5, 5.41) is 3.65. The molecule has 2 aromatic carbocycles. The van der Waals surface area contributed by atoms with E-state index >= 15 is 0 Å². The molecule has 0 spiro atoms. The second-order valence-corrected chi connectivity index (χ2v) is 6.33. The minimum absolute atomic E-state index is 0.0972. The number of rotatable bonds is 5. The van der Waals surface area contributed by atoms with Crippen molar-refractivity contribution in [3.8, 4) is 5.75 Å². The number of benzene rings is 2. The number of carbonyl (C=O) groups excluding carboxylic acids is 1. The van der Waals surface area contributed by atoms with Crippen LogP contribution in [0.25, 0.3) is 0 Å². The van der Waals surface area contributed by atoms with Crippen molar-refractivity contribution in [2.24, 2.45) is 0 Å². The van der Waals surface area contributed by atoms with Gasteiger partial charge in [0, 0.05) is 17.1 Å². The molecule has 3 rings (SSSR count). The van der Waals surface area contributed by atoms with Crippen LogP contribution in [-0.4, -0.2) is 18.3 Å². The number of hydrogen-bond donors (Lipinski definition) is 2. The van der Waals surface area contributed by atoms with Gasteiger partial charge in [0.15, 0.2) is 0 Å². The molecule has 0 aromatic heterocycles. The Hall–Kier alpha value is -1.65. The Labute approximate surface area is 153 Å². The van der Waals surface area contributed by atoms with Gasteiger partial charge in [0.1, 0.15) is 5.75 Å². The van der Waals surface area contributed by atoms with Crippen molar-refractivity contribution in [2.45, 2.75) is 25.7 Å². The highest BCUT2D eigenvalue weighted by Gasteiger charge is 2.14. The maximum absolute atomic E-state index is 11.2. The third-order valence-electron chi connectivity index (χ3n) is 3.53. The fourth-order valence-corrected chi connectivity index (χ4v) is 2.64. The standard InChI is InChI=1S/C13H17NO2S.C6H5Cl/c15-13-6-3-10-9-11(4-5-12(10)14-13)16-7-1-2-8-17;7-6-4-2-1-3-5-6/h4-5,9,17H,1-3,6-8H2,(H,14,15);1-5H. The van der Waals surface area contributed by atoms with E-state index in [2.05, 4.69) is 17.9 Å². The Morgan fingerprint density at radius 1 is 1.08 bits per heavy atom. The molecule has 1 aliphatic heterocycles. The van der Waals surface area contributed by atoms with Gasteiger partial charge in [-0.2, -0.15) is 12.6 Å². The number of nitrogens with one attached hydrogen (secondary N) is 1. The number of thiol groups is 1. The van der Waals surface area contributed by atoms with E-state index in [1.165, 1.54) is 0 Å². The van der Waals surface area contributed by atoms with Crippen LogP contribution in [0.1, 0.15) is 24.8 Å². The summed E-state index contributed by atoms with van der Waals surface area (Å²) in [7, 11) is 0. The summed E-state index contributed by atoms with van der Waals surface area (Å²) >= 11 is 9.70. The zero-order valence-corrected chi connectivity index (χ0v) is 15.2. The van der Waals surface area contributed by atoms with Gasteiger partial charge >= 0.3 is 0 Å². The van der Waals surface area contributed by atoms with Gasteiger partial charge in [0.25, 0.3) is 0 Å². The maximum atomic E-state index is 11.2. The fourth-order valence-electron chi connectivity index (χ4n) is 2.27. The van der Waals surface area contributed by atoms with Gasteiger partial charge in [-0.1, -0.05) is 29.8 Å². The Morgan fingerprint density at radius 3 is 2.54 bits per heavy atom. The molecule has 0 radical (unpaired) electrons. The number of carbonyl (C=O) groups is 1. The van der Waals surface area contributed by atoms with E-state index in [1.54, 1.807) is 0 Å². The maximum Gasteiger partial charge on any atom is 0.224 e. The highest BCUT2D eigenvalue weighted by atomic mass is 35.5. The Balaban J connectivity index is 0.000000249. The highest BCUT2D eigenvalue weighted by Crippen LogP contribution is 2.26. The first-order chi connectivity index (χ1) is 11.7. The van der Waals surface area contributed by atoms with Crippen molar-refractivity contribution in [2.75, 3.05) is 17.7 Å². The summed E-state index contributed by atoms with van der Waals surface area (Å²) in [4.78, 5) is 11.2. The van der Waals surface area contributed by atoms with E-state index in [0.29, 0.717) is 6.42 Å². The zero-order chi connectivity index (χ0) is 17.2. The molecule has 3 nitrogen and oxygen atoms in total. The zero-order valence-electron chi connectivity index (χ0n) is 13.5. The van der Waals surface area contributed by atoms with E-state index in [9.17, 15) is 4.79 Å². The molecular weight excluding hydrogens is 342 g/mol. The van der Waals surface area contributed by atoms with Crippen LogP contribution in [0.15, 0.2) is 48.5 Å². The van der Waals surface area contributed by atoms with E-state index in [0.717, 1.165) is 53.6 Å². The summed E-state index contributed by atoms with van der Waals surface area (Å²) in [6.07, 6.45) is 3.46. The van der Waals surface area contributed by atoms with Crippen molar-refractivity contribution in [3.63, 3.8) is 0 Å². The van der Waals surface area contributed by atoms with Crippen LogP contribution in [0.2, 0.25) is 5.02 Å². The summed E-state index contributed by atoms with van der Waals surface area (Å²) in [6, 6.07) is 15.3. The summed E-state index contributed by atoms with van der Waals surface area (Å²) in [5.41, 5.74) is 2.08. The van der Waals surface area contributed by atoms with Gasteiger partial charge in [-0.25, -0.2) is 0 Å². The number of ether oxygens (including phenoxy) is 1. The Bertz CT molecular complexity index is 649. The second kappa shape index (κ2) is 10.3. The third-order valence-corrected chi connectivity index (χ3v) is 4.09. The molecule has 0 bridgehead atoms. The van der Waals surface area contributed by atoms with Crippen molar-refractivity contribution in [3.05, 3.63) is 59.1 Å². The van der Waals surface area contributed by atoms with Crippen LogP contribution < -0.4 is 10.1 Å². The lowest BCUT2D eigenvalue weighted by Crippen LogP contribution is -2.18. The Morgan fingerprint density at radius 2 is 1.88 bits per heavy atom. The topological polar surface area (TPSA) is 38.3 Å². The molecule has 0 saturated heterocycles. The SMILES string of the molecule is Clc1ccccc1.O=C1CCc2cc(OCCCCS)ccc2N1. The van der Waals surface area contributed by atoms with E-state index in [4.69, 9.17) is 16.3 Å². The van der Waals surface area contributed by atoms with E-state index in [1.807, 2.05) is 48.5 Å². The summed E-state index contributed by atoms with van der Waals surface area (Å²) in [5.74, 6) is 1.89. The first-order valence-corrected chi connectivity index (χ1v) is 9.07. The number of aryl methyl sites for hydroxylation is 1. The smallest absolute Gasteiger partial charge is 0.224 e. The lowest BCUT2D eigenvalue weighted by molar-refractivity contribution is -0.116. The van der Waals surface area contributed by atoms with E-state index in [-0.39, 0.29) is 5.91 Å².